The Kier molecular flexibility index (Phi) is 9.74. The van der Waals surface area contributed by atoms with Crippen LogP contribution in [-0.2, 0) is 14.2 Å². The molecule has 0 aliphatic heterocycles. The number of nitrogens with zero attached hydrogens (tertiary/aromatic N) is 1. The molecule has 0 spiro atoms. The van der Waals surface area contributed by atoms with Crippen LogP contribution in [-0.4, -0.2) is 63.7 Å². The molecule has 0 amide bonds. The topological polar surface area (TPSA) is 30.9 Å². The third-order valence-electron chi connectivity index (χ3n) is 2.75. The van der Waals surface area contributed by atoms with Gasteiger partial charge in [0.05, 0.1) is 38.6 Å². The van der Waals surface area contributed by atoms with Gasteiger partial charge in [0.15, 0.2) is 0 Å². The highest BCUT2D eigenvalue weighted by Crippen LogP contribution is 2.05. The molecule has 0 saturated carbocycles. The van der Waals surface area contributed by atoms with Crippen LogP contribution in [0.4, 0.5) is 0 Å². The Morgan fingerprint density at radius 1 is 1.00 bits per heavy atom. The van der Waals surface area contributed by atoms with Crippen molar-refractivity contribution in [2.24, 2.45) is 0 Å². The second-order valence-electron chi connectivity index (χ2n) is 4.86. The third-order valence-corrected chi connectivity index (χ3v) is 2.75. The van der Waals surface area contributed by atoms with Crippen LogP contribution in [0.2, 0.25) is 0 Å². The van der Waals surface area contributed by atoms with Gasteiger partial charge in [-0.15, -0.1) is 0 Å². The van der Waals surface area contributed by atoms with Crippen LogP contribution >= 0.6 is 0 Å². The molecule has 0 N–H and O–H groups in total. The molecule has 1 unspecified atom stereocenters. The zero-order chi connectivity index (χ0) is 13.3. The molecular formula is C13H29NO3. The highest BCUT2D eigenvalue weighted by molar-refractivity contribution is 4.71. The van der Waals surface area contributed by atoms with Gasteiger partial charge >= 0.3 is 0 Å². The minimum Gasteiger partial charge on any atom is -0.382 e. The summed E-state index contributed by atoms with van der Waals surface area (Å²) in [4.78, 5) is 2.29. The van der Waals surface area contributed by atoms with E-state index in [1.807, 2.05) is 0 Å². The van der Waals surface area contributed by atoms with Gasteiger partial charge in [0, 0.05) is 13.2 Å². The predicted octanol–water partition coefficient (Wildman–Crippen LogP) is 1.78. The van der Waals surface area contributed by atoms with Crippen LogP contribution in [0, 0.1) is 0 Å². The zero-order valence-electron chi connectivity index (χ0n) is 12.2. The van der Waals surface area contributed by atoms with Gasteiger partial charge in [-0.25, -0.2) is 0 Å². The Balaban J connectivity index is 4.01. The van der Waals surface area contributed by atoms with Crippen molar-refractivity contribution in [2.45, 2.75) is 45.9 Å². The summed E-state index contributed by atoms with van der Waals surface area (Å²) in [5, 5.41) is 0. The van der Waals surface area contributed by atoms with Crippen molar-refractivity contribution in [2.75, 3.05) is 40.6 Å². The Morgan fingerprint density at radius 3 is 2.12 bits per heavy atom. The molecule has 0 aromatic carbocycles. The van der Waals surface area contributed by atoms with E-state index in [4.69, 9.17) is 14.2 Å². The summed E-state index contributed by atoms with van der Waals surface area (Å²) in [6.45, 7) is 11.1. The maximum Gasteiger partial charge on any atom is 0.0701 e. The first-order chi connectivity index (χ1) is 7.99. The first kappa shape index (κ1) is 16.8. The zero-order valence-corrected chi connectivity index (χ0v) is 12.2. The lowest BCUT2D eigenvalue weighted by atomic mass is 10.2. The fourth-order valence-corrected chi connectivity index (χ4v) is 1.37. The molecular weight excluding hydrogens is 218 g/mol. The normalized spacial score (nSPS) is 13.9. The second-order valence-corrected chi connectivity index (χ2v) is 4.86. The Morgan fingerprint density at radius 2 is 1.65 bits per heavy atom. The van der Waals surface area contributed by atoms with Crippen molar-refractivity contribution in [3.8, 4) is 0 Å². The van der Waals surface area contributed by atoms with Gasteiger partial charge in [-0.3, -0.25) is 4.90 Å². The smallest absolute Gasteiger partial charge is 0.0701 e. The predicted molar refractivity (Wildman–Crippen MR) is 70.5 cm³/mol. The molecule has 0 heterocycles. The van der Waals surface area contributed by atoms with Gasteiger partial charge in [-0.05, 0) is 34.7 Å². The molecule has 4 heteroatoms. The summed E-state index contributed by atoms with van der Waals surface area (Å²) in [5.74, 6) is 0. The Hall–Kier alpha value is -0.160. The molecule has 0 aromatic heterocycles. The number of hydrogen-bond donors (Lipinski definition) is 0. The summed E-state index contributed by atoms with van der Waals surface area (Å²) in [7, 11) is 3.79. The number of likely N-dealkylation sites (N-methyl/N-ethyl adjacent to an activating group) is 1. The Labute approximate surface area is 106 Å². The summed E-state index contributed by atoms with van der Waals surface area (Å²) < 4.78 is 16.2. The maximum absolute atomic E-state index is 5.68. The molecule has 0 aromatic rings. The number of methoxy groups -OCH3 is 1. The molecule has 0 saturated heterocycles. The van der Waals surface area contributed by atoms with Crippen LogP contribution < -0.4 is 0 Å². The fraction of sp³-hybridized carbons (Fsp3) is 1.00. The molecule has 0 aliphatic carbocycles. The van der Waals surface area contributed by atoms with Crippen molar-refractivity contribution in [1.29, 1.82) is 0 Å². The van der Waals surface area contributed by atoms with Crippen molar-refractivity contribution >= 4 is 0 Å². The first-order valence-electron chi connectivity index (χ1n) is 6.39. The average molecular weight is 247 g/mol. The lowest BCUT2D eigenvalue weighted by Crippen LogP contribution is -2.43. The average Bonchev–Trinajstić information content (AvgIpc) is 2.26. The standard InChI is InChI=1S/C13H29NO3/c1-11(2)14(5)13(10-17-12(3)4)9-16-8-7-15-6/h11-13H,7-10H2,1-6H3. The van der Waals surface area contributed by atoms with Gasteiger partial charge in [-0.2, -0.15) is 0 Å². The molecule has 0 radical (unpaired) electrons. The van der Waals surface area contributed by atoms with Crippen LogP contribution in [0.3, 0.4) is 0 Å². The minimum atomic E-state index is 0.261. The quantitative estimate of drug-likeness (QED) is 0.551. The van der Waals surface area contributed by atoms with E-state index in [0.29, 0.717) is 38.5 Å². The number of ether oxygens (including phenoxy) is 3. The van der Waals surface area contributed by atoms with Gasteiger partial charge in [0.25, 0.3) is 0 Å². The number of rotatable bonds is 10. The molecule has 1 atom stereocenters. The van der Waals surface area contributed by atoms with Crippen molar-refractivity contribution in [3.63, 3.8) is 0 Å². The largest absolute Gasteiger partial charge is 0.382 e. The highest BCUT2D eigenvalue weighted by atomic mass is 16.5. The first-order valence-corrected chi connectivity index (χ1v) is 6.39. The van der Waals surface area contributed by atoms with Crippen LogP contribution in [0.5, 0.6) is 0 Å². The molecule has 0 aliphatic rings. The van der Waals surface area contributed by atoms with E-state index in [9.17, 15) is 0 Å². The summed E-state index contributed by atoms with van der Waals surface area (Å²) in [5.41, 5.74) is 0. The van der Waals surface area contributed by atoms with Gasteiger partial charge < -0.3 is 14.2 Å². The van der Waals surface area contributed by atoms with Crippen LogP contribution in [0.25, 0.3) is 0 Å². The van der Waals surface area contributed by atoms with Crippen LogP contribution in [0.15, 0.2) is 0 Å². The second kappa shape index (κ2) is 9.83. The van der Waals surface area contributed by atoms with Gasteiger partial charge in [0.1, 0.15) is 0 Å². The van der Waals surface area contributed by atoms with Gasteiger partial charge in [-0.1, -0.05) is 0 Å². The fourth-order valence-electron chi connectivity index (χ4n) is 1.37. The van der Waals surface area contributed by atoms with E-state index < -0.39 is 0 Å². The van der Waals surface area contributed by atoms with Crippen molar-refractivity contribution in [3.05, 3.63) is 0 Å². The van der Waals surface area contributed by atoms with E-state index >= 15 is 0 Å². The maximum atomic E-state index is 5.68. The number of hydrogen-bond acceptors (Lipinski definition) is 4. The molecule has 104 valence electrons. The van der Waals surface area contributed by atoms with E-state index in [1.165, 1.54) is 0 Å². The van der Waals surface area contributed by atoms with E-state index in [0.717, 1.165) is 0 Å². The molecule has 4 nitrogen and oxygen atoms in total. The Bertz CT molecular complexity index is 174. The van der Waals surface area contributed by atoms with Crippen molar-refractivity contribution in [1.82, 2.24) is 4.90 Å². The SMILES string of the molecule is COCCOCC(COC(C)C)N(C)C(C)C. The minimum absolute atomic E-state index is 0.261. The lowest BCUT2D eigenvalue weighted by molar-refractivity contribution is -0.0225. The monoisotopic (exact) mass is 247 g/mol. The van der Waals surface area contributed by atoms with Crippen LogP contribution in [0.1, 0.15) is 27.7 Å². The molecule has 17 heavy (non-hydrogen) atoms. The van der Waals surface area contributed by atoms with E-state index in [1.54, 1.807) is 7.11 Å². The summed E-state index contributed by atoms with van der Waals surface area (Å²) >= 11 is 0. The van der Waals surface area contributed by atoms with E-state index in [-0.39, 0.29) is 6.10 Å². The summed E-state index contributed by atoms with van der Waals surface area (Å²) in [6, 6.07) is 0.788. The molecule has 0 fully saturated rings. The van der Waals surface area contributed by atoms with Gasteiger partial charge in [0.2, 0.25) is 0 Å². The molecule has 0 rings (SSSR count). The third kappa shape index (κ3) is 8.55. The summed E-state index contributed by atoms with van der Waals surface area (Å²) in [6.07, 6.45) is 0.261. The highest BCUT2D eigenvalue weighted by Gasteiger charge is 2.18. The van der Waals surface area contributed by atoms with Crippen molar-refractivity contribution < 1.29 is 14.2 Å². The lowest BCUT2D eigenvalue weighted by Gasteiger charge is -2.31. The molecule has 0 bridgehead atoms. The van der Waals surface area contributed by atoms with E-state index in [2.05, 4.69) is 39.6 Å².